The molecule has 5 heterocycles. The van der Waals surface area contributed by atoms with Crippen molar-refractivity contribution < 1.29 is 14.6 Å². The second kappa shape index (κ2) is 11.8. The van der Waals surface area contributed by atoms with Gasteiger partial charge in [-0.15, -0.1) is 5.10 Å². The lowest BCUT2D eigenvalue weighted by atomic mass is 10.1. The van der Waals surface area contributed by atoms with Gasteiger partial charge >= 0.3 is 6.09 Å². The first-order valence-electron chi connectivity index (χ1n) is 13.0. The van der Waals surface area contributed by atoms with E-state index in [0.717, 1.165) is 4.90 Å². The van der Waals surface area contributed by atoms with Crippen LogP contribution in [0.25, 0.3) is 28.2 Å². The number of aromatic amines is 1. The summed E-state index contributed by atoms with van der Waals surface area (Å²) < 4.78 is 8.08. The van der Waals surface area contributed by atoms with Gasteiger partial charge in [0.15, 0.2) is 10.3 Å². The van der Waals surface area contributed by atoms with Gasteiger partial charge in [0.05, 0.1) is 42.5 Å². The molecule has 1 aliphatic heterocycles. The highest BCUT2D eigenvalue weighted by molar-refractivity contribution is 6.32. The van der Waals surface area contributed by atoms with Crippen molar-refractivity contribution in [1.82, 2.24) is 39.5 Å². The number of benzene rings is 1. The van der Waals surface area contributed by atoms with Gasteiger partial charge in [-0.2, -0.15) is 0 Å². The Labute approximate surface area is 258 Å². The third kappa shape index (κ3) is 5.59. The monoisotopic (exact) mass is 641 g/mol. The first kappa shape index (κ1) is 28.8. The summed E-state index contributed by atoms with van der Waals surface area (Å²) in [4.78, 5) is 43.1. The lowest BCUT2D eigenvalue weighted by Crippen LogP contribution is -2.33. The number of halogens is 3. The number of carbonyl (C=O) groups is 1. The Morgan fingerprint density at radius 1 is 1.19 bits per heavy atom. The molecule has 0 saturated carbocycles. The molecule has 0 bridgehead atoms. The fourth-order valence-corrected chi connectivity index (χ4v) is 5.56. The number of aromatic nitrogens is 8. The maximum Gasteiger partial charge on any atom is 0.413 e. The number of H-pyrrole nitrogens is 1. The van der Waals surface area contributed by atoms with Crippen molar-refractivity contribution in [3.8, 4) is 28.2 Å². The van der Waals surface area contributed by atoms with Crippen molar-refractivity contribution in [3.05, 3.63) is 86.1 Å². The molecule has 0 aliphatic carbocycles. The predicted octanol–water partition coefficient (Wildman–Crippen LogP) is 4.90. The lowest BCUT2D eigenvalue weighted by Gasteiger charge is -2.17. The quantitative estimate of drug-likeness (QED) is 0.240. The zero-order chi connectivity index (χ0) is 30.2. The molecule has 0 radical (unpaired) electrons. The zero-order valence-corrected chi connectivity index (χ0v) is 24.7. The molecule has 0 fully saturated rings. The zero-order valence-electron chi connectivity index (χ0n) is 22.4. The molecule has 4 aromatic heterocycles. The second-order valence-electron chi connectivity index (χ2n) is 9.59. The van der Waals surface area contributed by atoms with Gasteiger partial charge in [0.25, 0.3) is 5.56 Å². The molecule has 43 heavy (non-hydrogen) atoms. The molecule has 1 amide bonds. The van der Waals surface area contributed by atoms with Crippen molar-refractivity contribution in [2.45, 2.75) is 18.9 Å². The maximum absolute atomic E-state index is 13.5. The minimum atomic E-state index is -1.14. The molecule has 0 saturated heterocycles. The van der Waals surface area contributed by atoms with Crippen LogP contribution >= 0.6 is 34.8 Å². The number of hydrogen-bond donors (Lipinski definition) is 2. The number of fused-ring (bicyclic) bond motifs is 1. The van der Waals surface area contributed by atoms with Crippen molar-refractivity contribution in [2.24, 2.45) is 0 Å². The van der Waals surface area contributed by atoms with Crippen molar-refractivity contribution in [1.29, 1.82) is 0 Å². The molecule has 1 aliphatic rings. The van der Waals surface area contributed by atoms with Gasteiger partial charge in [-0.1, -0.05) is 40.0 Å². The fraction of sp³-hybridized carbons (Fsp3) is 0.222. The van der Waals surface area contributed by atoms with E-state index in [2.05, 4.69) is 25.3 Å². The van der Waals surface area contributed by atoms with Crippen LogP contribution in [0.3, 0.4) is 0 Å². The molecule has 6 rings (SSSR count). The summed E-state index contributed by atoms with van der Waals surface area (Å²) in [7, 11) is 1.49. The Morgan fingerprint density at radius 3 is 2.72 bits per heavy atom. The number of anilines is 1. The van der Waals surface area contributed by atoms with Crippen LogP contribution in [0.1, 0.15) is 24.1 Å². The molecule has 0 spiro atoms. The summed E-state index contributed by atoms with van der Waals surface area (Å²) in [6.45, 7) is 0.354. The predicted molar refractivity (Wildman–Crippen MR) is 159 cm³/mol. The van der Waals surface area contributed by atoms with E-state index in [9.17, 15) is 14.7 Å². The summed E-state index contributed by atoms with van der Waals surface area (Å²) in [6, 6.07) is 9.47. The van der Waals surface area contributed by atoms with Crippen molar-refractivity contribution in [3.63, 3.8) is 0 Å². The highest BCUT2D eigenvalue weighted by Gasteiger charge is 2.30. The molecule has 16 heteroatoms. The molecular formula is C27H22Cl3N9O4. The van der Waals surface area contributed by atoms with E-state index in [0.29, 0.717) is 57.7 Å². The van der Waals surface area contributed by atoms with Crippen LogP contribution in [0.5, 0.6) is 0 Å². The Balaban J connectivity index is 1.31. The van der Waals surface area contributed by atoms with Crippen molar-refractivity contribution >= 4 is 46.7 Å². The number of nitrogens with one attached hydrogen (secondary N) is 1. The number of rotatable bonds is 8. The van der Waals surface area contributed by atoms with Gasteiger partial charge < -0.3 is 14.8 Å². The summed E-state index contributed by atoms with van der Waals surface area (Å²) in [6.07, 6.45) is 3.01. The fourth-order valence-electron chi connectivity index (χ4n) is 5.02. The van der Waals surface area contributed by atoms with Gasteiger partial charge in [0.1, 0.15) is 17.5 Å². The smallest absolute Gasteiger partial charge is 0.413 e. The number of pyridine rings is 1. The SMILES string of the molecule is COCCN(C(=O)O)c1ccc(-c2[nH]c([C@@H]3CCc4nc(-c5cc(Cl)ccc5-n5cc(Cl)nn5)cc(=O)n43)nc2Cl)cn1. The minimum Gasteiger partial charge on any atom is -0.465 e. The molecule has 220 valence electrons. The van der Waals surface area contributed by atoms with Gasteiger partial charge in [0, 0.05) is 41.9 Å². The molecule has 13 nitrogen and oxygen atoms in total. The second-order valence-corrected chi connectivity index (χ2v) is 10.8. The molecule has 1 atom stereocenters. The number of aryl methyl sites for hydroxylation is 1. The highest BCUT2D eigenvalue weighted by Crippen LogP contribution is 2.35. The Hall–Kier alpha value is -4.30. The van der Waals surface area contributed by atoms with Crippen LogP contribution in [0.15, 0.2) is 53.6 Å². The van der Waals surface area contributed by atoms with Gasteiger partial charge in [-0.25, -0.2) is 24.4 Å². The lowest BCUT2D eigenvalue weighted by molar-refractivity contribution is 0.186. The van der Waals surface area contributed by atoms with E-state index in [1.165, 1.54) is 24.1 Å². The van der Waals surface area contributed by atoms with Gasteiger partial charge in [-0.3, -0.25) is 14.3 Å². The van der Waals surface area contributed by atoms with Gasteiger partial charge in [-0.05, 0) is 36.8 Å². The van der Waals surface area contributed by atoms with E-state index in [-0.39, 0.29) is 34.8 Å². The first-order valence-corrected chi connectivity index (χ1v) is 14.1. The van der Waals surface area contributed by atoms with E-state index < -0.39 is 12.1 Å². The third-order valence-electron chi connectivity index (χ3n) is 6.98. The summed E-state index contributed by atoms with van der Waals surface area (Å²) in [5, 5.41) is 18.3. The highest BCUT2D eigenvalue weighted by atomic mass is 35.5. The van der Waals surface area contributed by atoms with Crippen molar-refractivity contribution in [2.75, 3.05) is 25.2 Å². The number of nitrogens with zero attached hydrogens (tertiary/aromatic N) is 8. The standard InChI is InChI=1S/C27H22Cl3N9O4/c1-43-9-8-37(27(41)42)21-6-2-14(12-31-21)24-25(30)34-26(33-24)19-5-7-22-32-17(11-23(40)39(19)22)16-10-15(28)3-4-18(16)38-13-20(29)35-36-38/h2-4,6,10-13,19H,5,7-9H2,1H3,(H,33,34)(H,41,42)/t19-/m0/s1. The summed E-state index contributed by atoms with van der Waals surface area (Å²) in [5.74, 6) is 1.32. The van der Waals surface area contributed by atoms with E-state index in [1.54, 1.807) is 41.1 Å². The van der Waals surface area contributed by atoms with Crippen LogP contribution in [-0.4, -0.2) is 71.0 Å². The van der Waals surface area contributed by atoms with Crippen LogP contribution in [-0.2, 0) is 11.2 Å². The van der Waals surface area contributed by atoms with Crippen LogP contribution < -0.4 is 10.5 Å². The number of ether oxygens (including phenoxy) is 1. The summed E-state index contributed by atoms with van der Waals surface area (Å²) >= 11 is 18.8. The molecule has 1 aromatic carbocycles. The molecule has 0 unspecified atom stereocenters. The Kier molecular flexibility index (Phi) is 7.88. The van der Waals surface area contributed by atoms with E-state index in [4.69, 9.17) is 44.5 Å². The largest absolute Gasteiger partial charge is 0.465 e. The average Bonchev–Trinajstić information content (AvgIpc) is 3.71. The number of imidazole rings is 1. The maximum atomic E-state index is 13.5. The number of methoxy groups -OCH3 is 1. The summed E-state index contributed by atoms with van der Waals surface area (Å²) in [5.41, 5.74) is 2.48. The number of carboxylic acid groups (broad SMARTS) is 1. The van der Waals surface area contributed by atoms with Gasteiger partial charge in [0.2, 0.25) is 0 Å². The van der Waals surface area contributed by atoms with E-state index in [1.807, 2.05) is 0 Å². The molecule has 5 aromatic rings. The topological polar surface area (TPSA) is 157 Å². The Bertz CT molecular complexity index is 1890. The number of amides is 1. The first-order chi connectivity index (χ1) is 20.7. The number of hydrogen-bond acceptors (Lipinski definition) is 8. The normalized spacial score (nSPS) is 14.2. The molecule has 2 N–H and O–H groups in total. The van der Waals surface area contributed by atoms with Crippen LogP contribution in [0, 0.1) is 0 Å². The average molecular weight is 643 g/mol. The van der Waals surface area contributed by atoms with E-state index >= 15 is 0 Å². The molecular weight excluding hydrogens is 621 g/mol. The minimum absolute atomic E-state index is 0.131. The van der Waals surface area contributed by atoms with Crippen LogP contribution in [0.2, 0.25) is 15.3 Å². The third-order valence-corrected chi connectivity index (χ3v) is 7.66. The Morgan fingerprint density at radius 2 is 2.02 bits per heavy atom. The van der Waals surface area contributed by atoms with Crippen LogP contribution in [0.4, 0.5) is 10.6 Å².